The average Bonchev–Trinajstić information content (AvgIpc) is 3.02. The SMILES string of the molecule is COc1ccc([C@H]2NC3=C(C(=O)N2c2ccc(Cl)cc2)[C@@H](c2ccc(OC)cc2)N=C(Nc2ccccc2)S3)cc1. The first-order chi connectivity index (χ1) is 20.0. The minimum Gasteiger partial charge on any atom is -0.497 e. The zero-order valence-electron chi connectivity index (χ0n) is 22.4. The van der Waals surface area contributed by atoms with E-state index in [1.54, 1.807) is 31.3 Å². The fraction of sp³-hybridized carbons (Fsp3) is 0.125. The number of ether oxygens (including phenoxy) is 2. The Morgan fingerprint density at radius 2 is 1.44 bits per heavy atom. The molecule has 1 amide bonds. The van der Waals surface area contributed by atoms with Gasteiger partial charge in [0.1, 0.15) is 23.7 Å². The summed E-state index contributed by atoms with van der Waals surface area (Å²) in [6.07, 6.45) is -0.478. The van der Waals surface area contributed by atoms with Crippen molar-refractivity contribution in [3.8, 4) is 11.5 Å². The molecule has 2 aliphatic heterocycles. The summed E-state index contributed by atoms with van der Waals surface area (Å²) < 4.78 is 10.8. The van der Waals surface area contributed by atoms with Crippen LogP contribution in [0.5, 0.6) is 11.5 Å². The largest absolute Gasteiger partial charge is 0.497 e. The molecular weight excluding hydrogens is 556 g/mol. The molecule has 2 N–H and O–H groups in total. The topological polar surface area (TPSA) is 75.2 Å². The molecular formula is C32H27ClN4O3S. The van der Waals surface area contributed by atoms with Crippen molar-refractivity contribution in [2.45, 2.75) is 12.2 Å². The van der Waals surface area contributed by atoms with Crippen molar-refractivity contribution >= 4 is 45.8 Å². The van der Waals surface area contributed by atoms with Crippen LogP contribution in [0.3, 0.4) is 0 Å². The molecule has 6 rings (SSSR count). The molecule has 7 nitrogen and oxygen atoms in total. The third-order valence-corrected chi connectivity index (χ3v) is 8.13. The molecule has 0 spiro atoms. The number of benzene rings is 4. The van der Waals surface area contributed by atoms with E-state index in [0.29, 0.717) is 15.8 Å². The molecule has 2 aliphatic rings. The maximum atomic E-state index is 14.6. The van der Waals surface area contributed by atoms with E-state index >= 15 is 0 Å². The molecule has 4 aromatic carbocycles. The summed E-state index contributed by atoms with van der Waals surface area (Å²) in [5.41, 5.74) is 3.98. The number of carbonyl (C=O) groups excluding carboxylic acids is 1. The van der Waals surface area contributed by atoms with Gasteiger partial charge in [0.15, 0.2) is 5.17 Å². The van der Waals surface area contributed by atoms with E-state index in [9.17, 15) is 4.79 Å². The van der Waals surface area contributed by atoms with Gasteiger partial charge in [-0.1, -0.05) is 54.1 Å². The molecule has 0 radical (unpaired) electrons. The number of thioether (sulfide) groups is 1. The third kappa shape index (κ3) is 5.49. The number of hydrogen-bond donors (Lipinski definition) is 2. The number of halogens is 1. The second kappa shape index (κ2) is 11.6. The van der Waals surface area contributed by atoms with E-state index in [4.69, 9.17) is 26.1 Å². The molecule has 9 heteroatoms. The Bertz CT molecular complexity index is 1610. The Morgan fingerprint density at radius 3 is 2.05 bits per heavy atom. The van der Waals surface area contributed by atoms with Gasteiger partial charge in [-0.2, -0.15) is 0 Å². The van der Waals surface area contributed by atoms with E-state index < -0.39 is 12.2 Å². The summed E-state index contributed by atoms with van der Waals surface area (Å²) in [5.74, 6) is 1.33. The number of nitrogens with one attached hydrogen (secondary N) is 2. The van der Waals surface area contributed by atoms with Gasteiger partial charge < -0.3 is 20.1 Å². The zero-order valence-corrected chi connectivity index (χ0v) is 23.9. The van der Waals surface area contributed by atoms with Crippen molar-refractivity contribution in [1.82, 2.24) is 5.32 Å². The monoisotopic (exact) mass is 582 g/mol. The van der Waals surface area contributed by atoms with E-state index in [1.807, 2.05) is 91.0 Å². The molecule has 2 heterocycles. The number of rotatable bonds is 6. The maximum absolute atomic E-state index is 14.6. The highest BCUT2D eigenvalue weighted by molar-refractivity contribution is 8.17. The van der Waals surface area contributed by atoms with Gasteiger partial charge in [0.05, 0.1) is 24.8 Å². The van der Waals surface area contributed by atoms with Gasteiger partial charge in [0.25, 0.3) is 5.91 Å². The summed E-state index contributed by atoms with van der Waals surface area (Å²) >= 11 is 7.63. The normalized spacial score (nSPS) is 18.3. The van der Waals surface area contributed by atoms with Gasteiger partial charge in [-0.15, -0.1) is 0 Å². The summed E-state index contributed by atoms with van der Waals surface area (Å²) in [7, 11) is 3.26. The minimum absolute atomic E-state index is 0.141. The van der Waals surface area contributed by atoms with Crippen LogP contribution in [0.15, 0.2) is 119 Å². The van der Waals surface area contributed by atoms with Crippen LogP contribution in [0.2, 0.25) is 5.02 Å². The maximum Gasteiger partial charge on any atom is 0.261 e. The zero-order chi connectivity index (χ0) is 28.3. The molecule has 2 atom stereocenters. The Balaban J connectivity index is 1.46. The van der Waals surface area contributed by atoms with Gasteiger partial charge in [0.2, 0.25) is 0 Å². The molecule has 0 aromatic heterocycles. The van der Waals surface area contributed by atoms with Gasteiger partial charge in [-0.3, -0.25) is 9.69 Å². The highest BCUT2D eigenvalue weighted by Gasteiger charge is 2.42. The lowest BCUT2D eigenvalue weighted by molar-refractivity contribution is -0.116. The highest BCUT2D eigenvalue weighted by atomic mass is 35.5. The Morgan fingerprint density at radius 1 is 0.829 bits per heavy atom. The highest BCUT2D eigenvalue weighted by Crippen LogP contribution is 2.45. The second-order valence-corrected chi connectivity index (χ2v) is 10.9. The first-order valence-corrected chi connectivity index (χ1v) is 14.2. The molecule has 0 unspecified atom stereocenters. The van der Waals surface area contributed by atoms with Crippen LogP contribution < -0.4 is 25.0 Å². The summed E-state index contributed by atoms with van der Waals surface area (Å²) in [5, 5.41) is 9.12. The fourth-order valence-corrected chi connectivity index (χ4v) is 5.98. The smallest absolute Gasteiger partial charge is 0.261 e. The number of aliphatic imine (C=N–C) groups is 1. The van der Waals surface area contributed by atoms with Crippen LogP contribution >= 0.6 is 23.4 Å². The van der Waals surface area contributed by atoms with Crippen LogP contribution in [0.4, 0.5) is 11.4 Å². The minimum atomic E-state index is -0.546. The number of anilines is 2. The van der Waals surface area contributed by atoms with E-state index in [0.717, 1.165) is 39.0 Å². The molecule has 0 saturated carbocycles. The Labute approximate surface area is 247 Å². The van der Waals surface area contributed by atoms with Crippen LogP contribution in [-0.2, 0) is 4.79 Å². The number of amidine groups is 1. The lowest BCUT2D eigenvalue weighted by Gasteiger charge is -2.41. The fourth-order valence-electron chi connectivity index (χ4n) is 4.86. The van der Waals surface area contributed by atoms with E-state index in [-0.39, 0.29) is 5.91 Å². The van der Waals surface area contributed by atoms with Gasteiger partial charge in [-0.25, -0.2) is 4.99 Å². The molecule has 41 heavy (non-hydrogen) atoms. The van der Waals surface area contributed by atoms with E-state index in [2.05, 4.69) is 10.6 Å². The van der Waals surface area contributed by atoms with Crippen LogP contribution in [-0.4, -0.2) is 25.3 Å². The summed E-state index contributed by atoms with van der Waals surface area (Å²) in [6, 6.07) is 32.0. The van der Waals surface area contributed by atoms with Gasteiger partial charge in [-0.05, 0) is 83.6 Å². The van der Waals surface area contributed by atoms with Crippen molar-refractivity contribution in [3.63, 3.8) is 0 Å². The number of para-hydroxylation sites is 1. The molecule has 0 fully saturated rings. The number of nitrogens with zero attached hydrogens (tertiary/aromatic N) is 2. The molecule has 206 valence electrons. The Hall–Kier alpha value is -4.40. The molecule has 4 aromatic rings. The number of amides is 1. The third-order valence-electron chi connectivity index (χ3n) is 6.93. The molecule has 0 saturated heterocycles. The lowest BCUT2D eigenvalue weighted by Crippen LogP contribution is -2.49. The second-order valence-electron chi connectivity index (χ2n) is 9.42. The van der Waals surface area contributed by atoms with Crippen molar-refractivity contribution in [1.29, 1.82) is 0 Å². The average molecular weight is 583 g/mol. The Kier molecular flexibility index (Phi) is 7.59. The number of hydrogen-bond acceptors (Lipinski definition) is 7. The van der Waals surface area contributed by atoms with Crippen molar-refractivity contribution in [3.05, 3.63) is 130 Å². The van der Waals surface area contributed by atoms with Gasteiger partial charge >= 0.3 is 0 Å². The van der Waals surface area contributed by atoms with Crippen molar-refractivity contribution in [2.24, 2.45) is 4.99 Å². The quantitative estimate of drug-likeness (QED) is 0.251. The van der Waals surface area contributed by atoms with Crippen LogP contribution in [0, 0.1) is 0 Å². The predicted molar refractivity (Wildman–Crippen MR) is 166 cm³/mol. The standard InChI is InChI=1S/C32H27ClN4O3S/c1-39-25-16-8-20(9-17-25)28-27-30(41-32(35-28)34-23-6-4-3-5-7-23)36-29(21-10-18-26(40-2)19-11-21)37(31(27)38)24-14-12-22(33)13-15-24/h3-19,28-29,36H,1-2H3,(H,34,35)/t28-,29+/m1/s1. The first-order valence-electron chi connectivity index (χ1n) is 13.0. The van der Waals surface area contributed by atoms with Crippen LogP contribution in [0.1, 0.15) is 23.3 Å². The van der Waals surface area contributed by atoms with Crippen LogP contribution in [0.25, 0.3) is 0 Å². The summed E-state index contributed by atoms with van der Waals surface area (Å²) in [6.45, 7) is 0. The molecule has 0 aliphatic carbocycles. The predicted octanol–water partition coefficient (Wildman–Crippen LogP) is 7.16. The number of methoxy groups -OCH3 is 2. The lowest BCUT2D eigenvalue weighted by atomic mass is 9.95. The van der Waals surface area contributed by atoms with Gasteiger partial charge in [0, 0.05) is 16.4 Å². The van der Waals surface area contributed by atoms with E-state index in [1.165, 1.54) is 11.8 Å². The molecule has 0 bridgehead atoms. The first kappa shape index (κ1) is 26.8. The number of carbonyl (C=O) groups is 1. The van der Waals surface area contributed by atoms with Crippen molar-refractivity contribution in [2.75, 3.05) is 24.4 Å². The van der Waals surface area contributed by atoms with Crippen molar-refractivity contribution < 1.29 is 14.3 Å². The summed E-state index contributed by atoms with van der Waals surface area (Å²) in [4.78, 5) is 21.4.